The van der Waals surface area contributed by atoms with Crippen molar-refractivity contribution in [1.82, 2.24) is 30.5 Å². The van der Waals surface area contributed by atoms with E-state index in [9.17, 15) is 4.79 Å². The highest BCUT2D eigenvalue weighted by molar-refractivity contribution is 5.79. The highest BCUT2D eigenvalue weighted by Gasteiger charge is 2.11. The molecular formula is C14H16N6O2. The third-order valence-corrected chi connectivity index (χ3v) is 3.16. The first-order chi connectivity index (χ1) is 10.7. The summed E-state index contributed by atoms with van der Waals surface area (Å²) in [6, 6.07) is 5.73. The first kappa shape index (κ1) is 14.2. The van der Waals surface area contributed by atoms with Crippen LogP contribution in [-0.4, -0.2) is 31.0 Å². The van der Waals surface area contributed by atoms with E-state index >= 15 is 0 Å². The van der Waals surface area contributed by atoms with Crippen molar-refractivity contribution < 1.29 is 9.32 Å². The molecule has 0 saturated carbocycles. The van der Waals surface area contributed by atoms with Crippen LogP contribution in [0.1, 0.15) is 26.2 Å². The number of hydrogen-bond donors (Lipinski definition) is 1. The van der Waals surface area contributed by atoms with Gasteiger partial charge in [0.25, 0.3) is 0 Å². The van der Waals surface area contributed by atoms with Crippen LogP contribution in [0.2, 0.25) is 0 Å². The topological polar surface area (TPSA) is 98.7 Å². The van der Waals surface area contributed by atoms with Crippen molar-refractivity contribution in [1.29, 1.82) is 0 Å². The molecule has 0 bridgehead atoms. The summed E-state index contributed by atoms with van der Waals surface area (Å²) in [5.74, 6) is 0.681. The molecule has 3 aromatic rings. The Morgan fingerprint density at radius 2 is 2.27 bits per heavy atom. The number of carbonyl (C=O) groups excluding carboxylic acids is 1. The van der Waals surface area contributed by atoms with Crippen molar-refractivity contribution in [3.63, 3.8) is 0 Å². The molecule has 0 aliphatic rings. The molecule has 22 heavy (non-hydrogen) atoms. The van der Waals surface area contributed by atoms with E-state index in [1.165, 1.54) is 6.92 Å². The van der Waals surface area contributed by atoms with Crippen LogP contribution in [-0.2, 0) is 17.9 Å². The molecule has 0 fully saturated rings. The number of nitrogens with one attached hydrogen (secondary N) is 1. The molecule has 114 valence electrons. The van der Waals surface area contributed by atoms with Crippen molar-refractivity contribution in [2.75, 3.05) is 0 Å². The molecule has 8 heteroatoms. The van der Waals surface area contributed by atoms with E-state index < -0.39 is 0 Å². The number of benzene rings is 1. The van der Waals surface area contributed by atoms with Crippen LogP contribution < -0.4 is 5.32 Å². The number of amides is 1. The third-order valence-electron chi connectivity index (χ3n) is 3.16. The Bertz CT molecular complexity index is 807. The van der Waals surface area contributed by atoms with Crippen molar-refractivity contribution in [2.45, 2.75) is 33.4 Å². The predicted molar refractivity (Wildman–Crippen MR) is 78.6 cm³/mol. The molecule has 0 saturated heterocycles. The third kappa shape index (κ3) is 2.80. The predicted octanol–water partition coefficient (Wildman–Crippen LogP) is 1.53. The average molecular weight is 300 g/mol. The van der Waals surface area contributed by atoms with E-state index in [4.69, 9.17) is 4.52 Å². The molecule has 3 rings (SSSR count). The molecule has 0 spiro atoms. The molecule has 0 unspecified atom stereocenters. The van der Waals surface area contributed by atoms with E-state index in [0.717, 1.165) is 29.6 Å². The maximum atomic E-state index is 10.9. The van der Waals surface area contributed by atoms with Crippen molar-refractivity contribution in [2.24, 2.45) is 0 Å². The summed E-state index contributed by atoms with van der Waals surface area (Å²) < 4.78 is 6.98. The van der Waals surface area contributed by atoms with Crippen LogP contribution >= 0.6 is 0 Å². The number of nitrogens with zero attached hydrogens (tertiary/aromatic N) is 5. The van der Waals surface area contributed by atoms with E-state index in [-0.39, 0.29) is 12.5 Å². The van der Waals surface area contributed by atoms with Gasteiger partial charge in [-0.1, -0.05) is 17.3 Å². The Balaban J connectivity index is 1.85. The fourth-order valence-corrected chi connectivity index (χ4v) is 2.13. The highest BCUT2D eigenvalue weighted by Crippen LogP contribution is 2.21. The van der Waals surface area contributed by atoms with Gasteiger partial charge in [-0.2, -0.15) is 4.98 Å². The van der Waals surface area contributed by atoms with Crippen LogP contribution in [0.15, 0.2) is 22.7 Å². The molecule has 8 nitrogen and oxygen atoms in total. The molecule has 2 heterocycles. The van der Waals surface area contributed by atoms with Gasteiger partial charge in [0.2, 0.25) is 17.6 Å². The normalized spacial score (nSPS) is 11.0. The average Bonchev–Trinajstić information content (AvgIpc) is 3.12. The molecule has 1 amide bonds. The van der Waals surface area contributed by atoms with Gasteiger partial charge in [-0.3, -0.25) is 4.79 Å². The van der Waals surface area contributed by atoms with Gasteiger partial charge < -0.3 is 9.84 Å². The molecule has 0 aliphatic carbocycles. The van der Waals surface area contributed by atoms with Crippen molar-refractivity contribution in [3.8, 4) is 11.4 Å². The van der Waals surface area contributed by atoms with Crippen molar-refractivity contribution in [3.05, 3.63) is 24.1 Å². The fraction of sp³-hybridized carbons (Fsp3) is 0.357. The summed E-state index contributed by atoms with van der Waals surface area (Å²) in [5, 5.41) is 14.8. The Morgan fingerprint density at radius 3 is 3.05 bits per heavy atom. The summed E-state index contributed by atoms with van der Waals surface area (Å²) in [6.45, 7) is 4.58. The molecule has 2 aromatic heterocycles. The second kappa shape index (κ2) is 5.92. The van der Waals surface area contributed by atoms with Gasteiger partial charge in [0, 0.05) is 19.0 Å². The largest absolute Gasteiger partial charge is 0.347 e. The molecule has 1 N–H and O–H groups in total. The maximum Gasteiger partial charge on any atom is 0.246 e. The highest BCUT2D eigenvalue weighted by atomic mass is 16.5. The zero-order valence-corrected chi connectivity index (χ0v) is 12.4. The summed E-state index contributed by atoms with van der Waals surface area (Å²) in [4.78, 5) is 15.1. The van der Waals surface area contributed by atoms with Crippen molar-refractivity contribution >= 4 is 16.9 Å². The van der Waals surface area contributed by atoms with Crippen LogP contribution in [0.5, 0.6) is 0 Å². The lowest BCUT2D eigenvalue weighted by Crippen LogP contribution is -2.18. The first-order valence-corrected chi connectivity index (χ1v) is 7.08. The summed E-state index contributed by atoms with van der Waals surface area (Å²) in [6.07, 6.45) is 0.998. The van der Waals surface area contributed by atoms with Crippen LogP contribution in [0, 0.1) is 0 Å². The molecule has 0 radical (unpaired) electrons. The van der Waals surface area contributed by atoms with E-state index in [1.807, 2.05) is 22.9 Å². The summed E-state index contributed by atoms with van der Waals surface area (Å²) >= 11 is 0. The minimum atomic E-state index is -0.145. The maximum absolute atomic E-state index is 10.9. The fourth-order valence-electron chi connectivity index (χ4n) is 2.13. The standard InChI is InChI=1S/C14H16N6O2/c1-3-6-20-12-5-4-10(7-11(12)17-19-20)14-16-13(22-18-14)8-15-9(2)21/h4-5,7H,3,6,8H2,1-2H3,(H,15,21). The zero-order valence-electron chi connectivity index (χ0n) is 12.4. The molecule has 0 atom stereocenters. The minimum absolute atomic E-state index is 0.145. The Hall–Kier alpha value is -2.77. The molecule has 1 aromatic carbocycles. The number of fused-ring (bicyclic) bond motifs is 1. The van der Waals surface area contributed by atoms with E-state index in [0.29, 0.717) is 11.7 Å². The van der Waals surface area contributed by atoms with Gasteiger partial charge in [0.1, 0.15) is 5.52 Å². The van der Waals surface area contributed by atoms with Gasteiger partial charge in [-0.05, 0) is 24.6 Å². The lowest BCUT2D eigenvalue weighted by atomic mass is 10.2. The van der Waals surface area contributed by atoms with Crippen LogP contribution in [0.3, 0.4) is 0 Å². The van der Waals surface area contributed by atoms with E-state index in [2.05, 4.69) is 32.7 Å². The number of aryl methyl sites for hydroxylation is 1. The SMILES string of the molecule is CCCn1nnc2cc(-c3noc(CNC(C)=O)n3)ccc21. The van der Waals surface area contributed by atoms with Gasteiger partial charge in [0.15, 0.2) is 0 Å². The molecule has 0 aliphatic heterocycles. The lowest BCUT2D eigenvalue weighted by Gasteiger charge is -1.99. The monoisotopic (exact) mass is 300 g/mol. The van der Waals surface area contributed by atoms with Crippen LogP contribution in [0.4, 0.5) is 0 Å². The Labute approximate surface area is 126 Å². The molecular weight excluding hydrogens is 284 g/mol. The van der Waals surface area contributed by atoms with Gasteiger partial charge >= 0.3 is 0 Å². The summed E-state index contributed by atoms with van der Waals surface area (Å²) in [5.41, 5.74) is 2.57. The second-order valence-electron chi connectivity index (χ2n) is 4.94. The minimum Gasteiger partial charge on any atom is -0.347 e. The quantitative estimate of drug-likeness (QED) is 0.767. The number of carbonyl (C=O) groups is 1. The number of hydrogen-bond acceptors (Lipinski definition) is 6. The zero-order chi connectivity index (χ0) is 15.5. The second-order valence-corrected chi connectivity index (χ2v) is 4.94. The number of aromatic nitrogens is 5. The van der Waals surface area contributed by atoms with E-state index in [1.54, 1.807) is 0 Å². The van der Waals surface area contributed by atoms with Crippen LogP contribution in [0.25, 0.3) is 22.4 Å². The Kier molecular flexibility index (Phi) is 3.82. The number of rotatable bonds is 5. The summed E-state index contributed by atoms with van der Waals surface area (Å²) in [7, 11) is 0. The van der Waals surface area contributed by atoms with Gasteiger partial charge in [-0.25, -0.2) is 4.68 Å². The lowest BCUT2D eigenvalue weighted by molar-refractivity contribution is -0.119. The first-order valence-electron chi connectivity index (χ1n) is 7.08. The van der Waals surface area contributed by atoms with Gasteiger partial charge in [-0.15, -0.1) is 5.10 Å². The Morgan fingerprint density at radius 1 is 1.41 bits per heavy atom. The van der Waals surface area contributed by atoms with Gasteiger partial charge in [0.05, 0.1) is 12.1 Å². The smallest absolute Gasteiger partial charge is 0.246 e.